The molecule has 0 saturated heterocycles. The van der Waals surface area contributed by atoms with Gasteiger partial charge in [0.2, 0.25) is 5.91 Å². The second kappa shape index (κ2) is 7.55. The average molecular weight is 410 g/mol. The van der Waals surface area contributed by atoms with Crippen molar-refractivity contribution in [2.75, 3.05) is 11.9 Å². The third kappa shape index (κ3) is 4.57. The molecule has 0 aromatic heterocycles. The normalized spacial score (nSPS) is 13.0. The summed E-state index contributed by atoms with van der Waals surface area (Å²) in [4.78, 5) is 25.2. The molecule has 0 spiro atoms. The first-order chi connectivity index (χ1) is 12.7. The van der Waals surface area contributed by atoms with Crippen molar-refractivity contribution in [2.24, 2.45) is 0 Å². The summed E-state index contributed by atoms with van der Waals surface area (Å²) < 4.78 is 29.9. The summed E-state index contributed by atoms with van der Waals surface area (Å²) in [5.74, 6) is -0.408. The van der Waals surface area contributed by atoms with Gasteiger partial charge in [0.15, 0.2) is 6.61 Å². The Kier molecular flexibility index (Phi) is 5.36. The van der Waals surface area contributed by atoms with Crippen molar-refractivity contribution in [3.63, 3.8) is 0 Å². The van der Waals surface area contributed by atoms with E-state index in [1.54, 1.807) is 25.1 Å². The molecule has 0 saturated carbocycles. The van der Waals surface area contributed by atoms with Crippen LogP contribution in [0.5, 0.6) is 5.75 Å². The number of ether oxygens (including phenoxy) is 1. The molecule has 3 N–H and O–H groups in total. The van der Waals surface area contributed by atoms with E-state index >= 15 is 0 Å². The van der Waals surface area contributed by atoms with Crippen molar-refractivity contribution < 1.29 is 22.7 Å². The Morgan fingerprint density at radius 3 is 2.78 bits per heavy atom. The fourth-order valence-electron chi connectivity index (χ4n) is 2.51. The predicted octanol–water partition coefficient (Wildman–Crippen LogP) is 1.53. The van der Waals surface area contributed by atoms with Gasteiger partial charge in [0.05, 0.1) is 11.3 Å². The van der Waals surface area contributed by atoms with Gasteiger partial charge in [-0.05, 0) is 54.4 Å². The first-order valence-corrected chi connectivity index (χ1v) is 9.73. The van der Waals surface area contributed by atoms with Crippen molar-refractivity contribution in [1.29, 1.82) is 0 Å². The molecular formula is C17H16ClN3O5S. The lowest BCUT2D eigenvalue weighted by Gasteiger charge is -2.11. The number of halogens is 1. The van der Waals surface area contributed by atoms with Crippen LogP contribution in [0.25, 0.3) is 0 Å². The predicted molar refractivity (Wildman–Crippen MR) is 98.9 cm³/mol. The van der Waals surface area contributed by atoms with Crippen LogP contribution in [0.4, 0.5) is 5.69 Å². The quantitative estimate of drug-likeness (QED) is 0.626. The lowest BCUT2D eigenvalue weighted by atomic mass is 10.2. The Balaban J connectivity index is 1.58. The molecule has 1 aliphatic rings. The number of carbonyl (C=O) groups excluding carboxylic acids is 2. The molecule has 0 unspecified atom stereocenters. The first kappa shape index (κ1) is 19.2. The number of fused-ring (bicyclic) bond motifs is 1. The van der Waals surface area contributed by atoms with E-state index < -0.39 is 15.9 Å². The molecule has 2 aromatic carbocycles. The van der Waals surface area contributed by atoms with E-state index in [9.17, 15) is 18.0 Å². The molecule has 8 nitrogen and oxygen atoms in total. The summed E-state index contributed by atoms with van der Waals surface area (Å²) in [7, 11) is -3.99. The lowest BCUT2D eigenvalue weighted by molar-refractivity contribution is -0.123. The van der Waals surface area contributed by atoms with E-state index in [0.29, 0.717) is 22.0 Å². The van der Waals surface area contributed by atoms with Gasteiger partial charge in [-0.1, -0.05) is 11.6 Å². The second-order valence-corrected chi connectivity index (χ2v) is 8.01. The van der Waals surface area contributed by atoms with E-state index in [0.717, 1.165) is 5.56 Å². The molecule has 0 fully saturated rings. The van der Waals surface area contributed by atoms with Crippen molar-refractivity contribution in [3.05, 3.63) is 52.5 Å². The first-order valence-electron chi connectivity index (χ1n) is 7.87. The Hall–Kier alpha value is -2.62. The molecular weight excluding hydrogens is 394 g/mol. The van der Waals surface area contributed by atoms with Crippen molar-refractivity contribution in [2.45, 2.75) is 18.2 Å². The number of hydrazine groups is 1. The zero-order valence-electron chi connectivity index (χ0n) is 14.2. The van der Waals surface area contributed by atoms with Gasteiger partial charge >= 0.3 is 0 Å². The van der Waals surface area contributed by atoms with Crippen molar-refractivity contribution in [3.8, 4) is 5.75 Å². The van der Waals surface area contributed by atoms with E-state index in [2.05, 4.69) is 10.7 Å². The monoisotopic (exact) mass is 409 g/mol. The Labute approximate surface area is 160 Å². The van der Waals surface area contributed by atoms with Gasteiger partial charge in [-0.3, -0.25) is 15.0 Å². The molecule has 1 heterocycles. The van der Waals surface area contributed by atoms with Gasteiger partial charge in [0, 0.05) is 10.7 Å². The van der Waals surface area contributed by atoms with Gasteiger partial charge in [-0.2, -0.15) is 0 Å². The molecule has 2 aromatic rings. The van der Waals surface area contributed by atoms with E-state index in [1.165, 1.54) is 18.2 Å². The molecule has 0 aliphatic carbocycles. The summed E-state index contributed by atoms with van der Waals surface area (Å²) in [5.41, 5.74) is 3.99. The van der Waals surface area contributed by atoms with Crippen LogP contribution in [0.15, 0.2) is 41.3 Å². The molecule has 3 rings (SSSR count). The Bertz CT molecular complexity index is 1020. The fourth-order valence-corrected chi connectivity index (χ4v) is 3.65. The van der Waals surface area contributed by atoms with Crippen LogP contribution in [0.3, 0.4) is 0 Å². The highest BCUT2D eigenvalue weighted by atomic mass is 35.5. The van der Waals surface area contributed by atoms with Crippen LogP contribution in [-0.4, -0.2) is 26.8 Å². The smallest absolute Gasteiger partial charge is 0.272 e. The van der Waals surface area contributed by atoms with E-state index in [4.69, 9.17) is 16.3 Å². The van der Waals surface area contributed by atoms with Gasteiger partial charge in [0.25, 0.3) is 15.9 Å². The lowest BCUT2D eigenvalue weighted by Crippen LogP contribution is -2.43. The number of benzene rings is 2. The number of rotatable bonds is 6. The average Bonchev–Trinajstić information content (AvgIpc) is 2.98. The van der Waals surface area contributed by atoms with Gasteiger partial charge in [0.1, 0.15) is 5.75 Å². The number of anilines is 1. The number of nitrogens with one attached hydrogen (secondary N) is 3. The number of amides is 2. The summed E-state index contributed by atoms with van der Waals surface area (Å²) in [6.45, 7) is 1.39. The number of carbonyl (C=O) groups is 2. The number of sulfonamides is 1. The third-order valence-corrected chi connectivity index (χ3v) is 5.31. The highest BCUT2D eigenvalue weighted by Crippen LogP contribution is 2.25. The van der Waals surface area contributed by atoms with Crippen molar-refractivity contribution in [1.82, 2.24) is 10.3 Å². The third-order valence-electron chi connectivity index (χ3n) is 3.83. The topological polar surface area (TPSA) is 114 Å². The van der Waals surface area contributed by atoms with Crippen LogP contribution >= 0.6 is 11.6 Å². The highest BCUT2D eigenvalue weighted by Gasteiger charge is 2.22. The SMILES string of the molecule is Cc1cc(Cl)ccc1OCC(=O)NNS(=O)(=O)c1ccc2c(c1)CC(=O)N2. The maximum Gasteiger partial charge on any atom is 0.272 e. The highest BCUT2D eigenvalue weighted by molar-refractivity contribution is 7.89. The molecule has 2 amide bonds. The molecule has 27 heavy (non-hydrogen) atoms. The number of hydrogen-bond acceptors (Lipinski definition) is 5. The Morgan fingerprint density at radius 1 is 1.26 bits per heavy atom. The molecule has 142 valence electrons. The summed E-state index contributed by atoms with van der Waals surface area (Å²) in [6.07, 6.45) is 0.110. The molecule has 0 bridgehead atoms. The zero-order valence-corrected chi connectivity index (χ0v) is 15.8. The summed E-state index contributed by atoms with van der Waals surface area (Å²) in [5, 5.41) is 3.16. The fraction of sp³-hybridized carbons (Fsp3) is 0.176. The minimum atomic E-state index is -3.99. The summed E-state index contributed by atoms with van der Waals surface area (Å²) >= 11 is 5.85. The van der Waals surface area contributed by atoms with E-state index in [1.807, 2.05) is 4.83 Å². The van der Waals surface area contributed by atoms with Crippen LogP contribution in [0.1, 0.15) is 11.1 Å². The van der Waals surface area contributed by atoms with Gasteiger partial charge in [-0.15, -0.1) is 4.83 Å². The van der Waals surface area contributed by atoms with Gasteiger partial charge < -0.3 is 10.1 Å². The minimum Gasteiger partial charge on any atom is -0.483 e. The van der Waals surface area contributed by atoms with Crippen LogP contribution in [0, 0.1) is 6.92 Å². The zero-order chi connectivity index (χ0) is 19.6. The molecule has 10 heteroatoms. The largest absolute Gasteiger partial charge is 0.483 e. The standard InChI is InChI=1S/C17H16ClN3O5S/c1-10-6-12(18)2-5-15(10)26-9-17(23)20-21-27(24,25)13-3-4-14-11(7-13)8-16(22)19-14/h2-7,21H,8-9H2,1H3,(H,19,22)(H,20,23). The molecule has 0 radical (unpaired) electrons. The van der Waals surface area contributed by atoms with Crippen LogP contribution < -0.4 is 20.3 Å². The maximum absolute atomic E-state index is 12.3. The number of hydrogen-bond donors (Lipinski definition) is 3. The van der Waals surface area contributed by atoms with Crippen LogP contribution in [0.2, 0.25) is 5.02 Å². The van der Waals surface area contributed by atoms with E-state index in [-0.39, 0.29) is 23.8 Å². The number of aryl methyl sites for hydroxylation is 1. The summed E-state index contributed by atoms with van der Waals surface area (Å²) in [6, 6.07) is 9.16. The Morgan fingerprint density at radius 2 is 2.04 bits per heavy atom. The maximum atomic E-state index is 12.3. The van der Waals surface area contributed by atoms with Crippen molar-refractivity contribution >= 4 is 39.1 Å². The molecule has 1 aliphatic heterocycles. The minimum absolute atomic E-state index is 0.0625. The second-order valence-electron chi connectivity index (χ2n) is 5.90. The molecule has 0 atom stereocenters. The van der Waals surface area contributed by atoms with Crippen LogP contribution in [-0.2, 0) is 26.0 Å². The van der Waals surface area contributed by atoms with Gasteiger partial charge in [-0.25, -0.2) is 8.42 Å².